The first kappa shape index (κ1) is 23.8. The number of hydrogen-bond acceptors (Lipinski definition) is 5. The van der Waals surface area contributed by atoms with E-state index in [9.17, 15) is 9.90 Å². The van der Waals surface area contributed by atoms with Gasteiger partial charge in [-0.1, -0.05) is 38.0 Å². The minimum absolute atomic E-state index is 0.0810. The number of carbonyl (C=O) groups excluding carboxylic acids is 1. The molecule has 0 unspecified atom stereocenters. The third-order valence-corrected chi connectivity index (χ3v) is 7.04. The number of rotatable bonds is 10. The van der Waals surface area contributed by atoms with Gasteiger partial charge in [0.05, 0.1) is 18.7 Å². The Morgan fingerprint density at radius 2 is 2.13 bits per heavy atom. The van der Waals surface area contributed by atoms with Crippen molar-refractivity contribution in [2.75, 3.05) is 32.8 Å². The average Bonchev–Trinajstić information content (AvgIpc) is 3.21. The van der Waals surface area contributed by atoms with Crippen LogP contribution in [0, 0.1) is 13.8 Å². The number of nitrogens with zero attached hydrogens (tertiary/aromatic N) is 2. The van der Waals surface area contributed by atoms with Crippen LogP contribution in [-0.2, 0) is 11.2 Å². The van der Waals surface area contributed by atoms with Crippen LogP contribution in [0.1, 0.15) is 54.3 Å². The minimum atomic E-state index is -0.383. The average molecular weight is 445 g/mol. The molecule has 0 spiro atoms. The molecule has 1 N–H and O–H groups in total. The van der Waals surface area contributed by atoms with Gasteiger partial charge in [-0.05, 0) is 61.9 Å². The van der Waals surface area contributed by atoms with Crippen LogP contribution in [0.2, 0.25) is 0 Å². The maximum Gasteiger partial charge on any atom is 0.237 e. The lowest BCUT2D eigenvalue weighted by Crippen LogP contribution is -2.47. The zero-order valence-corrected chi connectivity index (χ0v) is 20.1. The lowest BCUT2D eigenvalue weighted by Gasteiger charge is -2.37. The summed E-state index contributed by atoms with van der Waals surface area (Å²) in [7, 11) is 0. The molecule has 5 nitrogen and oxygen atoms in total. The molecule has 0 saturated heterocycles. The summed E-state index contributed by atoms with van der Waals surface area (Å²) in [6.45, 7) is 11.0. The standard InChI is InChI=1S/C25H36N2O3S/c1-5-7-20(28)15-26(6-2)16-25(29)27-12-10-24-21(11-13-31-24)22(27)17-30-23-9-8-18(3)14-19(23)4/h8-9,11,13-14,20,22,28H,5-7,10,12,15-17H2,1-4H3/t20-,22-/m0/s1. The van der Waals surface area contributed by atoms with E-state index >= 15 is 0 Å². The van der Waals surface area contributed by atoms with Crippen LogP contribution in [0.15, 0.2) is 29.6 Å². The number of fused-ring (bicyclic) bond motifs is 1. The molecule has 1 aromatic carbocycles. The summed E-state index contributed by atoms with van der Waals surface area (Å²) in [6.07, 6.45) is 2.21. The molecule has 170 valence electrons. The zero-order chi connectivity index (χ0) is 22.4. The highest BCUT2D eigenvalue weighted by Crippen LogP contribution is 2.34. The molecule has 6 heteroatoms. The molecule has 1 aromatic heterocycles. The molecule has 1 amide bonds. The number of thiophene rings is 1. The van der Waals surface area contributed by atoms with Crippen LogP contribution in [0.3, 0.4) is 0 Å². The summed E-state index contributed by atoms with van der Waals surface area (Å²) in [5, 5.41) is 12.3. The minimum Gasteiger partial charge on any atom is -0.491 e. The summed E-state index contributed by atoms with van der Waals surface area (Å²) in [4.78, 5) is 18.7. The summed E-state index contributed by atoms with van der Waals surface area (Å²) < 4.78 is 6.22. The third-order valence-electron chi connectivity index (χ3n) is 6.04. The van der Waals surface area contributed by atoms with Gasteiger partial charge in [0.2, 0.25) is 5.91 Å². The molecule has 1 aliphatic heterocycles. The first-order valence-corrected chi connectivity index (χ1v) is 12.3. The molecular formula is C25H36N2O3S. The molecule has 3 rings (SSSR count). The van der Waals surface area contributed by atoms with Crippen LogP contribution in [0.5, 0.6) is 5.75 Å². The Morgan fingerprint density at radius 3 is 2.84 bits per heavy atom. The van der Waals surface area contributed by atoms with Crippen molar-refractivity contribution in [3.63, 3.8) is 0 Å². The van der Waals surface area contributed by atoms with Crippen molar-refractivity contribution in [3.8, 4) is 5.75 Å². The summed E-state index contributed by atoms with van der Waals surface area (Å²) >= 11 is 1.76. The molecule has 2 atom stereocenters. The molecular weight excluding hydrogens is 408 g/mol. The summed E-state index contributed by atoms with van der Waals surface area (Å²) in [5.41, 5.74) is 3.54. The molecule has 2 heterocycles. The number of carbonyl (C=O) groups is 1. The topological polar surface area (TPSA) is 53.0 Å². The highest BCUT2D eigenvalue weighted by atomic mass is 32.1. The Bertz CT molecular complexity index is 866. The fourth-order valence-electron chi connectivity index (χ4n) is 4.31. The number of aryl methyl sites for hydroxylation is 2. The number of ether oxygens (including phenoxy) is 1. The van der Waals surface area contributed by atoms with Gasteiger partial charge in [-0.3, -0.25) is 9.69 Å². The number of hydrogen-bond donors (Lipinski definition) is 1. The Kier molecular flexibility index (Phi) is 8.52. The second kappa shape index (κ2) is 11.1. The smallest absolute Gasteiger partial charge is 0.237 e. The van der Waals surface area contributed by atoms with Crippen molar-refractivity contribution in [2.45, 2.75) is 59.1 Å². The van der Waals surface area contributed by atoms with E-state index in [0.717, 1.165) is 37.1 Å². The van der Waals surface area contributed by atoms with Crippen LogP contribution in [0.25, 0.3) is 0 Å². The first-order valence-electron chi connectivity index (χ1n) is 11.4. The van der Waals surface area contributed by atoms with E-state index in [1.807, 2.05) is 22.8 Å². The summed E-state index contributed by atoms with van der Waals surface area (Å²) in [5.74, 6) is 0.981. The number of likely N-dealkylation sites (N-methyl/N-ethyl adjacent to an activating group) is 1. The zero-order valence-electron chi connectivity index (χ0n) is 19.3. The van der Waals surface area contributed by atoms with E-state index in [2.05, 4.69) is 44.4 Å². The normalized spacial score (nSPS) is 17.0. The van der Waals surface area contributed by atoms with Gasteiger partial charge in [0.1, 0.15) is 12.4 Å². The molecule has 0 radical (unpaired) electrons. The van der Waals surface area contributed by atoms with Crippen molar-refractivity contribution >= 4 is 17.2 Å². The molecule has 0 saturated carbocycles. The van der Waals surface area contributed by atoms with Crippen LogP contribution < -0.4 is 4.74 Å². The highest BCUT2D eigenvalue weighted by Gasteiger charge is 2.33. The molecule has 2 aromatic rings. The Morgan fingerprint density at radius 1 is 1.32 bits per heavy atom. The maximum absolute atomic E-state index is 13.3. The highest BCUT2D eigenvalue weighted by molar-refractivity contribution is 7.10. The van der Waals surface area contributed by atoms with Crippen molar-refractivity contribution < 1.29 is 14.6 Å². The molecule has 0 fully saturated rings. The Hall–Kier alpha value is -1.89. The van der Waals surface area contributed by atoms with Crippen molar-refractivity contribution in [1.82, 2.24) is 9.80 Å². The Balaban J connectivity index is 1.72. The lowest BCUT2D eigenvalue weighted by molar-refractivity contribution is -0.136. The second-order valence-corrected chi connectivity index (χ2v) is 9.50. The predicted octanol–water partition coefficient (Wildman–Crippen LogP) is 4.35. The van der Waals surface area contributed by atoms with Gasteiger partial charge < -0.3 is 14.7 Å². The largest absolute Gasteiger partial charge is 0.491 e. The molecule has 1 aliphatic rings. The maximum atomic E-state index is 13.3. The van der Waals surface area contributed by atoms with Gasteiger partial charge in [-0.2, -0.15) is 0 Å². The van der Waals surface area contributed by atoms with Crippen molar-refractivity contribution in [1.29, 1.82) is 0 Å². The number of amides is 1. The number of benzene rings is 1. The van der Waals surface area contributed by atoms with E-state index < -0.39 is 0 Å². The van der Waals surface area contributed by atoms with Crippen LogP contribution >= 0.6 is 11.3 Å². The van der Waals surface area contributed by atoms with E-state index in [0.29, 0.717) is 26.2 Å². The fraction of sp³-hybridized carbons (Fsp3) is 0.560. The van der Waals surface area contributed by atoms with Crippen LogP contribution in [-0.4, -0.2) is 59.7 Å². The number of aliphatic hydroxyl groups excluding tert-OH is 1. The van der Waals surface area contributed by atoms with Crippen molar-refractivity contribution in [3.05, 3.63) is 51.2 Å². The SMILES string of the molecule is CCC[C@H](O)CN(CC)CC(=O)N1CCc2sccc2[C@@H]1COc1ccc(C)cc1C. The third kappa shape index (κ3) is 6.09. The molecule has 31 heavy (non-hydrogen) atoms. The lowest BCUT2D eigenvalue weighted by atomic mass is 10.00. The van der Waals surface area contributed by atoms with Gasteiger partial charge in [0, 0.05) is 18.0 Å². The quantitative estimate of drug-likeness (QED) is 0.592. The van der Waals surface area contributed by atoms with Gasteiger partial charge >= 0.3 is 0 Å². The van der Waals surface area contributed by atoms with Gasteiger partial charge in [-0.25, -0.2) is 0 Å². The Labute approximate surface area is 190 Å². The molecule has 0 aliphatic carbocycles. The van der Waals surface area contributed by atoms with E-state index in [1.165, 1.54) is 16.0 Å². The van der Waals surface area contributed by atoms with E-state index in [-0.39, 0.29) is 18.1 Å². The summed E-state index contributed by atoms with van der Waals surface area (Å²) in [6, 6.07) is 8.25. The van der Waals surface area contributed by atoms with E-state index in [4.69, 9.17) is 4.74 Å². The fourth-order valence-corrected chi connectivity index (χ4v) is 5.24. The van der Waals surface area contributed by atoms with Crippen LogP contribution in [0.4, 0.5) is 0 Å². The van der Waals surface area contributed by atoms with E-state index in [1.54, 1.807) is 11.3 Å². The number of aliphatic hydroxyl groups is 1. The molecule has 0 bridgehead atoms. The monoisotopic (exact) mass is 444 g/mol. The predicted molar refractivity (Wildman–Crippen MR) is 127 cm³/mol. The van der Waals surface area contributed by atoms with Gasteiger partial charge in [0.25, 0.3) is 0 Å². The van der Waals surface area contributed by atoms with Crippen molar-refractivity contribution in [2.24, 2.45) is 0 Å². The first-order chi connectivity index (χ1) is 14.9. The van der Waals surface area contributed by atoms with Gasteiger partial charge in [0.15, 0.2) is 0 Å². The van der Waals surface area contributed by atoms with Gasteiger partial charge in [-0.15, -0.1) is 11.3 Å². The second-order valence-electron chi connectivity index (χ2n) is 8.50.